The number of ketones is 1. The summed E-state index contributed by atoms with van der Waals surface area (Å²) in [4.78, 5) is 40.2. The molecule has 3 fully saturated rings. The Balaban J connectivity index is 1.43. The number of nitrogens with zero attached hydrogens (tertiary/aromatic N) is 1. The summed E-state index contributed by atoms with van der Waals surface area (Å²) < 4.78 is 0. The number of hydrogen-bond donors (Lipinski definition) is 1. The number of benzene rings is 1. The van der Waals surface area contributed by atoms with Crippen LogP contribution in [0, 0.1) is 34.5 Å². The molecule has 0 spiro atoms. The van der Waals surface area contributed by atoms with Crippen LogP contribution in [0.1, 0.15) is 83.0 Å². The minimum Gasteiger partial charge on any atom is -0.325 e. The van der Waals surface area contributed by atoms with Gasteiger partial charge in [-0.2, -0.15) is 0 Å². The van der Waals surface area contributed by atoms with Crippen LogP contribution in [0.4, 0.5) is 5.69 Å². The molecule has 5 heteroatoms. The molecule has 4 aliphatic rings. The molecule has 1 saturated heterocycles. The first-order valence-electron chi connectivity index (χ1n) is 12.9. The molecule has 2 amide bonds. The number of carbonyl (C=O) groups is 3. The summed E-state index contributed by atoms with van der Waals surface area (Å²) in [7, 11) is 1.86. The lowest BCUT2D eigenvalue weighted by atomic mass is 9.48. The molecule has 1 aromatic rings. The van der Waals surface area contributed by atoms with Gasteiger partial charge in [0.1, 0.15) is 5.92 Å². The molecular weight excluding hydrogens is 424 g/mol. The molecule has 0 aromatic heterocycles. The zero-order chi connectivity index (χ0) is 24.4. The van der Waals surface area contributed by atoms with Crippen molar-refractivity contribution in [3.8, 4) is 0 Å². The molecule has 5 rings (SSSR count). The van der Waals surface area contributed by atoms with Crippen LogP contribution in [0.5, 0.6) is 0 Å². The number of nitrogens with one attached hydrogen (secondary N) is 1. The molecule has 34 heavy (non-hydrogen) atoms. The Kier molecular flexibility index (Phi) is 5.53. The van der Waals surface area contributed by atoms with Gasteiger partial charge in [0.05, 0.1) is 0 Å². The van der Waals surface area contributed by atoms with E-state index in [-0.39, 0.29) is 23.0 Å². The van der Waals surface area contributed by atoms with Crippen molar-refractivity contribution in [3.63, 3.8) is 0 Å². The summed E-state index contributed by atoms with van der Waals surface area (Å²) in [6.07, 6.45) is 8.12. The van der Waals surface area contributed by atoms with Crippen LogP contribution >= 0.6 is 0 Å². The smallest absolute Gasteiger partial charge is 0.239 e. The van der Waals surface area contributed by atoms with E-state index in [0.29, 0.717) is 34.9 Å². The number of hydrogen-bond acceptors (Lipinski definition) is 3. The normalized spacial score (nSPS) is 37.1. The number of anilines is 1. The van der Waals surface area contributed by atoms with Crippen molar-refractivity contribution >= 4 is 23.3 Å². The number of rotatable bonds is 3. The van der Waals surface area contributed by atoms with Gasteiger partial charge < -0.3 is 10.2 Å². The number of likely N-dealkylation sites (tertiary alicyclic amines) is 1. The van der Waals surface area contributed by atoms with Gasteiger partial charge in [-0.3, -0.25) is 14.4 Å². The largest absolute Gasteiger partial charge is 0.325 e. The highest BCUT2D eigenvalue weighted by Crippen LogP contribution is 2.65. The van der Waals surface area contributed by atoms with E-state index < -0.39 is 5.92 Å². The summed E-state index contributed by atoms with van der Waals surface area (Å²) in [5.74, 6) is 0.868. The van der Waals surface area contributed by atoms with E-state index in [1.807, 2.05) is 7.05 Å². The molecule has 5 nitrogen and oxygen atoms in total. The SMILES string of the molecule is CC(=O)c1ccc(NC(=O)C2C[C@@]3(C)C(=C(C)C[C@@H]4[C@H]3CC[C@]3(C)CCC[C@@H]43)N(C)C2=O)cc1. The van der Waals surface area contributed by atoms with Gasteiger partial charge in [-0.1, -0.05) is 25.8 Å². The number of Topliss-reactive ketones (excluding diaryl/α,β-unsaturated/α-hetero) is 1. The molecule has 1 N–H and O–H groups in total. The Morgan fingerprint density at radius 2 is 1.76 bits per heavy atom. The number of amides is 2. The van der Waals surface area contributed by atoms with Gasteiger partial charge in [0.2, 0.25) is 11.8 Å². The van der Waals surface area contributed by atoms with Crippen molar-refractivity contribution in [1.29, 1.82) is 0 Å². The maximum Gasteiger partial charge on any atom is 0.239 e. The second kappa shape index (κ2) is 8.07. The van der Waals surface area contributed by atoms with Crippen LogP contribution in [-0.4, -0.2) is 29.5 Å². The van der Waals surface area contributed by atoms with Crippen LogP contribution in [0.15, 0.2) is 35.5 Å². The van der Waals surface area contributed by atoms with Crippen LogP contribution in [-0.2, 0) is 9.59 Å². The van der Waals surface area contributed by atoms with Crippen molar-refractivity contribution in [1.82, 2.24) is 4.90 Å². The summed E-state index contributed by atoms with van der Waals surface area (Å²) in [6, 6.07) is 6.90. The summed E-state index contributed by atoms with van der Waals surface area (Å²) in [5, 5.41) is 2.95. The van der Waals surface area contributed by atoms with Crippen molar-refractivity contribution in [2.45, 2.75) is 72.6 Å². The molecule has 2 saturated carbocycles. The van der Waals surface area contributed by atoms with Crippen molar-refractivity contribution in [2.24, 2.45) is 34.5 Å². The van der Waals surface area contributed by atoms with Crippen LogP contribution in [0.25, 0.3) is 0 Å². The molecule has 182 valence electrons. The summed E-state index contributed by atoms with van der Waals surface area (Å²) >= 11 is 0. The van der Waals surface area contributed by atoms with Crippen LogP contribution < -0.4 is 5.32 Å². The first kappa shape index (κ1) is 23.3. The van der Waals surface area contributed by atoms with Gasteiger partial charge >= 0.3 is 0 Å². The van der Waals surface area contributed by atoms with Crippen LogP contribution in [0.2, 0.25) is 0 Å². The quantitative estimate of drug-likeness (QED) is 0.454. The molecule has 1 heterocycles. The van der Waals surface area contributed by atoms with E-state index >= 15 is 0 Å². The Labute approximate surface area is 203 Å². The second-order valence-electron chi connectivity index (χ2n) is 12.0. The van der Waals surface area contributed by atoms with E-state index in [9.17, 15) is 14.4 Å². The monoisotopic (exact) mass is 462 g/mol. The summed E-state index contributed by atoms with van der Waals surface area (Å²) in [6.45, 7) is 8.56. The lowest BCUT2D eigenvalue weighted by Gasteiger charge is -2.59. The van der Waals surface area contributed by atoms with Gasteiger partial charge in [-0.25, -0.2) is 0 Å². The lowest BCUT2D eigenvalue weighted by molar-refractivity contribution is -0.147. The Hall–Kier alpha value is -2.43. The number of piperidine rings is 1. The fourth-order valence-electron chi connectivity index (χ4n) is 8.46. The third-order valence-corrected chi connectivity index (χ3v) is 9.99. The topological polar surface area (TPSA) is 66.5 Å². The predicted molar refractivity (Wildman–Crippen MR) is 133 cm³/mol. The third kappa shape index (κ3) is 3.46. The Bertz CT molecular complexity index is 1070. The van der Waals surface area contributed by atoms with Gasteiger partial charge in [0.15, 0.2) is 5.78 Å². The average molecular weight is 463 g/mol. The number of carbonyl (C=O) groups excluding carboxylic acids is 3. The first-order valence-corrected chi connectivity index (χ1v) is 12.9. The van der Waals surface area contributed by atoms with E-state index in [2.05, 4.69) is 26.1 Å². The zero-order valence-electron chi connectivity index (χ0n) is 21.2. The first-order chi connectivity index (χ1) is 16.0. The van der Waals surface area contributed by atoms with Crippen molar-refractivity contribution in [2.75, 3.05) is 12.4 Å². The van der Waals surface area contributed by atoms with Gasteiger partial charge in [0.25, 0.3) is 0 Å². The average Bonchev–Trinajstić information content (AvgIpc) is 3.18. The fourth-order valence-corrected chi connectivity index (χ4v) is 8.46. The zero-order valence-corrected chi connectivity index (χ0v) is 21.2. The number of fused-ring (bicyclic) bond motifs is 5. The van der Waals surface area contributed by atoms with Gasteiger partial charge in [-0.05, 0) is 99.8 Å². The molecule has 0 bridgehead atoms. The molecule has 3 aliphatic carbocycles. The maximum atomic E-state index is 13.4. The highest BCUT2D eigenvalue weighted by Gasteiger charge is 2.60. The highest BCUT2D eigenvalue weighted by atomic mass is 16.2. The van der Waals surface area contributed by atoms with E-state index in [1.54, 1.807) is 29.2 Å². The minimum absolute atomic E-state index is 0.0118. The Morgan fingerprint density at radius 1 is 1.06 bits per heavy atom. The lowest BCUT2D eigenvalue weighted by Crippen LogP contribution is -2.57. The second-order valence-corrected chi connectivity index (χ2v) is 12.0. The highest BCUT2D eigenvalue weighted by molar-refractivity contribution is 6.07. The van der Waals surface area contributed by atoms with E-state index in [1.165, 1.54) is 50.3 Å². The van der Waals surface area contributed by atoms with Gasteiger partial charge in [-0.15, -0.1) is 0 Å². The molecule has 1 aromatic carbocycles. The minimum atomic E-state index is -0.699. The number of allylic oxidation sites excluding steroid dienone is 2. The molecule has 6 atom stereocenters. The van der Waals surface area contributed by atoms with Gasteiger partial charge in [0, 0.05) is 29.4 Å². The van der Waals surface area contributed by atoms with Crippen molar-refractivity contribution in [3.05, 3.63) is 41.1 Å². The third-order valence-electron chi connectivity index (χ3n) is 9.99. The van der Waals surface area contributed by atoms with Crippen LogP contribution in [0.3, 0.4) is 0 Å². The molecule has 1 unspecified atom stereocenters. The summed E-state index contributed by atoms with van der Waals surface area (Å²) in [5.41, 5.74) is 4.04. The van der Waals surface area contributed by atoms with E-state index in [0.717, 1.165) is 12.3 Å². The predicted octanol–water partition coefficient (Wildman–Crippen LogP) is 5.82. The molecular formula is C29H38N2O3. The molecule has 1 aliphatic heterocycles. The molecule has 0 radical (unpaired) electrons. The standard InChI is InChI=1S/C29H38N2O3/c1-17-15-21-23-7-6-13-28(23,3)14-12-24(21)29(4)16-22(27(34)31(5)25(17)29)26(33)30-20-10-8-19(9-11-20)18(2)32/h8-11,21-24H,6-7,12-16H2,1-5H3,(H,30,33)/t21-,22?,23-,24+,28-,29+/m0/s1. The maximum absolute atomic E-state index is 13.4. The fraction of sp³-hybridized carbons (Fsp3) is 0.621. The Morgan fingerprint density at radius 3 is 2.44 bits per heavy atom. The van der Waals surface area contributed by atoms with E-state index in [4.69, 9.17) is 0 Å². The van der Waals surface area contributed by atoms with Crippen molar-refractivity contribution < 1.29 is 14.4 Å².